The van der Waals surface area contributed by atoms with Crippen LogP contribution in [0.25, 0.3) is 5.76 Å². The average Bonchev–Trinajstić information content (AvgIpc) is 3.42. The highest BCUT2D eigenvalue weighted by Crippen LogP contribution is 2.41. The van der Waals surface area contributed by atoms with E-state index in [0.717, 1.165) is 44.1 Å². The second kappa shape index (κ2) is 9.64. The quantitative estimate of drug-likeness (QED) is 0.385. The van der Waals surface area contributed by atoms with Crippen LogP contribution in [-0.4, -0.2) is 68.2 Å². The molecule has 2 aliphatic rings. The van der Waals surface area contributed by atoms with Crippen molar-refractivity contribution >= 4 is 28.8 Å². The van der Waals surface area contributed by atoms with Gasteiger partial charge in [0.25, 0.3) is 11.7 Å². The van der Waals surface area contributed by atoms with Gasteiger partial charge in [0.2, 0.25) is 0 Å². The van der Waals surface area contributed by atoms with Crippen LogP contribution in [0, 0.1) is 0 Å². The van der Waals surface area contributed by atoms with Gasteiger partial charge in [0.15, 0.2) is 0 Å². The summed E-state index contributed by atoms with van der Waals surface area (Å²) in [5, 5.41) is 13.0. The number of ketones is 1. The zero-order valence-electron chi connectivity index (χ0n) is 17.5. The van der Waals surface area contributed by atoms with Crippen LogP contribution in [-0.2, 0) is 14.3 Å². The number of aliphatic hydroxyl groups is 1. The van der Waals surface area contributed by atoms with E-state index in [0.29, 0.717) is 17.9 Å². The lowest BCUT2D eigenvalue weighted by Crippen LogP contribution is -3.14. The summed E-state index contributed by atoms with van der Waals surface area (Å²) in [5.41, 5.74) is 0.594. The maximum atomic E-state index is 13.0. The maximum absolute atomic E-state index is 13.0. The zero-order chi connectivity index (χ0) is 21.8. The summed E-state index contributed by atoms with van der Waals surface area (Å²) in [6.07, 6.45) is 0.781. The smallest absolute Gasteiger partial charge is 0.295 e. The summed E-state index contributed by atoms with van der Waals surface area (Å²) in [5.74, 6) is -0.798. The lowest BCUT2D eigenvalue weighted by atomic mass is 9.99. The van der Waals surface area contributed by atoms with Crippen molar-refractivity contribution in [2.45, 2.75) is 12.5 Å². The maximum Gasteiger partial charge on any atom is 0.295 e. The first kappa shape index (κ1) is 21.5. The van der Waals surface area contributed by atoms with Crippen LogP contribution in [0.15, 0.2) is 47.4 Å². The first-order valence-electron chi connectivity index (χ1n) is 10.5. The van der Waals surface area contributed by atoms with Crippen molar-refractivity contribution in [3.8, 4) is 5.75 Å². The predicted octanol–water partition coefficient (Wildman–Crippen LogP) is 1.48. The molecule has 1 amide bonds. The summed E-state index contributed by atoms with van der Waals surface area (Å²) in [6, 6.07) is 10.1. The van der Waals surface area contributed by atoms with Gasteiger partial charge in [-0.05, 0) is 23.6 Å². The monoisotopic (exact) mass is 443 g/mol. The van der Waals surface area contributed by atoms with Gasteiger partial charge in [0, 0.05) is 23.4 Å². The number of hydrogen-bond acceptors (Lipinski definition) is 6. The van der Waals surface area contributed by atoms with Gasteiger partial charge >= 0.3 is 0 Å². The minimum atomic E-state index is -0.641. The molecule has 31 heavy (non-hydrogen) atoms. The second-order valence-electron chi connectivity index (χ2n) is 7.71. The fraction of sp³-hybridized carbons (Fsp3) is 0.391. The molecule has 2 fully saturated rings. The topological polar surface area (TPSA) is 80.5 Å². The van der Waals surface area contributed by atoms with Gasteiger partial charge in [-0.3, -0.25) is 9.59 Å². The van der Waals surface area contributed by atoms with Gasteiger partial charge in [-0.25, -0.2) is 0 Å². The van der Waals surface area contributed by atoms with E-state index in [1.165, 1.54) is 16.2 Å². The van der Waals surface area contributed by atoms with E-state index < -0.39 is 17.7 Å². The van der Waals surface area contributed by atoms with E-state index in [2.05, 4.69) is 0 Å². The summed E-state index contributed by atoms with van der Waals surface area (Å²) in [7, 11) is 1.54. The van der Waals surface area contributed by atoms with Crippen LogP contribution in [0.2, 0.25) is 0 Å². The predicted molar refractivity (Wildman–Crippen MR) is 117 cm³/mol. The van der Waals surface area contributed by atoms with Crippen LogP contribution >= 0.6 is 11.3 Å². The number of Topliss-reactive ketones (excluding diaryl/α,β-unsaturated/α-hetero) is 1. The van der Waals surface area contributed by atoms with E-state index in [-0.39, 0.29) is 11.3 Å². The Balaban J connectivity index is 1.63. The fourth-order valence-corrected chi connectivity index (χ4v) is 5.03. The molecule has 4 rings (SSSR count). The third-order valence-corrected chi connectivity index (χ3v) is 6.75. The van der Waals surface area contributed by atoms with Gasteiger partial charge in [0.1, 0.15) is 24.6 Å². The number of quaternary nitrogens is 1. The number of morpholine rings is 1. The molecule has 3 heterocycles. The largest absolute Gasteiger partial charge is 0.507 e. The third kappa shape index (κ3) is 4.51. The number of methoxy groups -OCH3 is 1. The Hall–Kier alpha value is -2.68. The molecule has 0 saturated carbocycles. The Labute approximate surface area is 185 Å². The number of rotatable bonds is 7. The number of nitrogens with one attached hydrogen (secondary N) is 1. The molecule has 0 spiro atoms. The molecule has 1 aromatic heterocycles. The van der Waals surface area contributed by atoms with Crippen LogP contribution in [0.1, 0.15) is 22.9 Å². The number of carbonyl (C=O) groups excluding carboxylic acids is 2. The number of nitrogens with zero attached hydrogens (tertiary/aromatic N) is 1. The second-order valence-corrected chi connectivity index (χ2v) is 8.69. The van der Waals surface area contributed by atoms with Gasteiger partial charge in [0.05, 0.1) is 38.5 Å². The van der Waals surface area contributed by atoms with Crippen LogP contribution in [0.5, 0.6) is 5.75 Å². The van der Waals surface area contributed by atoms with Gasteiger partial charge in [-0.15, -0.1) is 11.3 Å². The summed E-state index contributed by atoms with van der Waals surface area (Å²) in [4.78, 5) is 29.9. The minimum absolute atomic E-state index is 0.138. The van der Waals surface area contributed by atoms with Crippen LogP contribution in [0.4, 0.5) is 0 Å². The Kier molecular flexibility index (Phi) is 6.70. The number of benzene rings is 1. The molecule has 2 aliphatic heterocycles. The summed E-state index contributed by atoms with van der Waals surface area (Å²) < 4.78 is 10.6. The molecule has 1 atom stereocenters. The van der Waals surface area contributed by atoms with Crippen molar-refractivity contribution in [3.63, 3.8) is 0 Å². The van der Waals surface area contributed by atoms with Crippen molar-refractivity contribution in [1.82, 2.24) is 4.90 Å². The van der Waals surface area contributed by atoms with E-state index in [4.69, 9.17) is 9.47 Å². The van der Waals surface area contributed by atoms with Crippen molar-refractivity contribution in [1.29, 1.82) is 0 Å². The Morgan fingerprint density at radius 3 is 2.77 bits per heavy atom. The van der Waals surface area contributed by atoms with E-state index in [1.807, 2.05) is 17.5 Å². The molecule has 0 radical (unpaired) electrons. The number of carbonyl (C=O) groups is 2. The summed E-state index contributed by atoms with van der Waals surface area (Å²) in [6.45, 7) is 4.82. The minimum Gasteiger partial charge on any atom is -0.507 e. The zero-order valence-corrected chi connectivity index (χ0v) is 18.3. The molecule has 164 valence electrons. The Morgan fingerprint density at radius 2 is 2.06 bits per heavy atom. The number of amides is 1. The third-order valence-electron chi connectivity index (χ3n) is 5.83. The first-order valence-corrected chi connectivity index (χ1v) is 11.4. The molecule has 2 N–H and O–H groups in total. The Morgan fingerprint density at radius 1 is 1.26 bits per heavy atom. The molecule has 8 heteroatoms. The molecule has 0 aliphatic carbocycles. The molecule has 0 bridgehead atoms. The van der Waals surface area contributed by atoms with Crippen molar-refractivity contribution < 1.29 is 29.1 Å². The van der Waals surface area contributed by atoms with E-state index in [1.54, 1.807) is 36.3 Å². The highest BCUT2D eigenvalue weighted by Gasteiger charge is 2.46. The average molecular weight is 444 g/mol. The van der Waals surface area contributed by atoms with Crippen molar-refractivity contribution in [2.24, 2.45) is 0 Å². The summed E-state index contributed by atoms with van der Waals surface area (Å²) >= 11 is 1.48. The van der Waals surface area contributed by atoms with Gasteiger partial charge < -0.3 is 24.4 Å². The molecule has 1 aromatic carbocycles. The fourth-order valence-electron chi connectivity index (χ4n) is 4.19. The Bertz CT molecular complexity index is 966. The molecule has 2 aromatic rings. The number of hydrogen-bond donors (Lipinski definition) is 2. The molecule has 1 unspecified atom stereocenters. The van der Waals surface area contributed by atoms with E-state index >= 15 is 0 Å². The first-order chi connectivity index (χ1) is 15.1. The van der Waals surface area contributed by atoms with Gasteiger partial charge in [-0.2, -0.15) is 0 Å². The van der Waals surface area contributed by atoms with Crippen molar-refractivity contribution in [2.75, 3.05) is 46.5 Å². The number of thiophene rings is 1. The molecular formula is C23H27N2O5S+. The molecular weight excluding hydrogens is 416 g/mol. The molecule has 2 saturated heterocycles. The van der Waals surface area contributed by atoms with Crippen LogP contribution < -0.4 is 9.64 Å². The number of likely N-dealkylation sites (tertiary alicyclic amines) is 1. The molecule has 7 nitrogen and oxygen atoms in total. The van der Waals surface area contributed by atoms with Crippen molar-refractivity contribution in [3.05, 3.63) is 57.8 Å². The van der Waals surface area contributed by atoms with Gasteiger partial charge in [-0.1, -0.05) is 18.2 Å². The van der Waals surface area contributed by atoms with E-state index in [9.17, 15) is 14.7 Å². The number of ether oxygens (including phenoxy) is 2. The standard InChI is InChI=1S/C23H26N2O5S/c1-29-17-6-2-5-16(15-17)21(26)19-20(18-7-3-14-31-18)25(23(28)22(19)27)9-4-8-24-10-12-30-13-11-24/h2-3,5-7,14-15,20,26H,4,8-13H2,1H3/p+1. The SMILES string of the molecule is COc1cccc(C(O)=C2C(=O)C(=O)N(CCC[NH+]3CCOCC3)C2c2cccs2)c1. The highest BCUT2D eigenvalue weighted by atomic mass is 32.1. The lowest BCUT2D eigenvalue weighted by Gasteiger charge is -2.27. The number of aliphatic hydroxyl groups excluding tert-OH is 1. The normalized spacial score (nSPS) is 21.6. The lowest BCUT2D eigenvalue weighted by molar-refractivity contribution is -0.908. The highest BCUT2D eigenvalue weighted by molar-refractivity contribution is 7.10. The van der Waals surface area contributed by atoms with Crippen LogP contribution in [0.3, 0.4) is 0 Å².